The summed E-state index contributed by atoms with van der Waals surface area (Å²) in [5.74, 6) is 0. The molecule has 0 amide bonds. The summed E-state index contributed by atoms with van der Waals surface area (Å²) in [6.07, 6.45) is 0.447. The first-order valence-electron chi connectivity index (χ1n) is 13.6. The number of nitriles is 1. The number of fused-ring (bicyclic) bond motifs is 5. The Morgan fingerprint density at radius 2 is 1.12 bits per heavy atom. The Morgan fingerprint density at radius 3 is 1.85 bits per heavy atom. The zero-order valence-corrected chi connectivity index (χ0v) is 22.8. The van der Waals surface area contributed by atoms with Gasteiger partial charge in [-0.2, -0.15) is 5.26 Å². The molecule has 0 spiro atoms. The maximum Gasteiger partial charge on any atom is 0.0669 e. The fourth-order valence-corrected chi connectivity index (χ4v) is 5.94. The Bertz CT molecular complexity index is 2070. The van der Waals surface area contributed by atoms with Gasteiger partial charge in [-0.3, -0.25) is 0 Å². The topological polar surface area (TPSA) is 49.8 Å². The van der Waals surface area contributed by atoms with Crippen LogP contribution in [0, 0.1) is 25.2 Å². The quantitative estimate of drug-likeness (QED) is 0.142. The summed E-state index contributed by atoms with van der Waals surface area (Å²) < 4.78 is 0. The highest BCUT2D eigenvalue weighted by molar-refractivity contribution is 6.18. The lowest BCUT2D eigenvalue weighted by Crippen LogP contribution is -1.91. The molecule has 2 N–H and O–H groups in total. The van der Waals surface area contributed by atoms with Crippen molar-refractivity contribution in [1.29, 1.82) is 5.26 Å². The smallest absolute Gasteiger partial charge is 0.0669 e. The predicted octanol–water partition coefficient (Wildman–Crippen LogP) is 9.92. The molecule has 0 bridgehead atoms. The Balaban J connectivity index is 0.000000145. The van der Waals surface area contributed by atoms with E-state index in [-0.39, 0.29) is 0 Å². The van der Waals surface area contributed by atoms with Crippen molar-refractivity contribution < 1.29 is 0 Å². The molecular weight excluding hydrogens is 484 g/mol. The average Bonchev–Trinajstić information content (AvgIpc) is 2.99. The Morgan fingerprint density at radius 1 is 0.550 bits per heavy atom. The summed E-state index contributed by atoms with van der Waals surface area (Å²) in [6.45, 7) is 4.34. The summed E-state index contributed by atoms with van der Waals surface area (Å²) in [4.78, 5) is 0. The number of anilines is 1. The van der Waals surface area contributed by atoms with E-state index in [1.165, 1.54) is 54.4 Å². The standard InChI is InChI=1S/2C19H15N/c1-12-15-8-4-2-6-13(15)10-17-18(20)11-14-7-3-5-9-16(14)19(12)17;1-14-17-8-4-2-6-15(17)10-11-18(14)19-9-5-3-7-16(19)12-13-20/h2-11H,20H2,1H3;2-11H,12H2,1H3. The van der Waals surface area contributed by atoms with Crippen molar-refractivity contribution in [3.8, 4) is 17.2 Å². The summed E-state index contributed by atoms with van der Waals surface area (Å²) in [7, 11) is 0. The second kappa shape index (κ2) is 10.6. The zero-order chi connectivity index (χ0) is 27.6. The van der Waals surface area contributed by atoms with Gasteiger partial charge >= 0.3 is 0 Å². The van der Waals surface area contributed by atoms with Crippen molar-refractivity contribution in [2.24, 2.45) is 0 Å². The minimum absolute atomic E-state index is 0.447. The van der Waals surface area contributed by atoms with Crippen LogP contribution in [-0.2, 0) is 6.42 Å². The third-order valence-electron chi connectivity index (χ3n) is 7.94. The molecule has 2 heteroatoms. The Labute approximate surface area is 234 Å². The van der Waals surface area contributed by atoms with Crippen molar-refractivity contribution >= 4 is 48.8 Å². The van der Waals surface area contributed by atoms with E-state index in [1.54, 1.807) is 0 Å². The predicted molar refractivity (Wildman–Crippen MR) is 172 cm³/mol. The van der Waals surface area contributed by atoms with Gasteiger partial charge in [0.05, 0.1) is 12.5 Å². The Hall–Kier alpha value is -5.13. The molecule has 0 aliphatic rings. The van der Waals surface area contributed by atoms with Gasteiger partial charge in [-0.25, -0.2) is 0 Å². The molecule has 0 saturated heterocycles. The zero-order valence-electron chi connectivity index (χ0n) is 22.8. The number of benzene rings is 7. The highest BCUT2D eigenvalue weighted by Crippen LogP contribution is 2.36. The van der Waals surface area contributed by atoms with E-state index < -0.39 is 0 Å². The number of nitrogens with zero attached hydrogens (tertiary/aromatic N) is 1. The second-order valence-electron chi connectivity index (χ2n) is 10.3. The van der Waals surface area contributed by atoms with Crippen LogP contribution in [0.4, 0.5) is 5.69 Å². The molecule has 0 radical (unpaired) electrons. The van der Waals surface area contributed by atoms with Crippen molar-refractivity contribution in [2.75, 3.05) is 5.73 Å². The molecule has 7 aromatic carbocycles. The van der Waals surface area contributed by atoms with Gasteiger partial charge < -0.3 is 5.73 Å². The number of hydrogen-bond donors (Lipinski definition) is 1. The molecule has 7 rings (SSSR count). The SMILES string of the molecule is Cc1c(-c2ccccc2CC#N)ccc2ccccc12.Cc1c2ccccc2cc2c(N)cc3ccccc3c12. The van der Waals surface area contributed by atoms with Crippen LogP contribution in [0.2, 0.25) is 0 Å². The molecule has 0 aliphatic carbocycles. The number of nitrogens with two attached hydrogens (primary N) is 1. The molecule has 2 nitrogen and oxygen atoms in total. The molecule has 0 fully saturated rings. The van der Waals surface area contributed by atoms with E-state index in [0.29, 0.717) is 6.42 Å². The minimum atomic E-state index is 0.447. The molecule has 0 unspecified atom stereocenters. The van der Waals surface area contributed by atoms with E-state index >= 15 is 0 Å². The van der Waals surface area contributed by atoms with E-state index in [0.717, 1.165) is 22.2 Å². The fourth-order valence-electron chi connectivity index (χ4n) is 5.94. The Kier molecular flexibility index (Phi) is 6.64. The van der Waals surface area contributed by atoms with Gasteiger partial charge in [-0.05, 0) is 91.5 Å². The number of rotatable bonds is 2. The lowest BCUT2D eigenvalue weighted by atomic mass is 9.91. The lowest BCUT2D eigenvalue weighted by Gasteiger charge is -2.13. The van der Waals surface area contributed by atoms with Crippen LogP contribution in [0.5, 0.6) is 0 Å². The van der Waals surface area contributed by atoms with Crippen molar-refractivity contribution in [2.45, 2.75) is 20.3 Å². The van der Waals surface area contributed by atoms with Gasteiger partial charge in [-0.1, -0.05) is 109 Å². The molecule has 0 aliphatic heterocycles. The van der Waals surface area contributed by atoms with Gasteiger partial charge in [0.2, 0.25) is 0 Å². The molecule has 0 atom stereocenters. The first-order valence-corrected chi connectivity index (χ1v) is 13.6. The molecule has 0 aromatic heterocycles. The summed E-state index contributed by atoms with van der Waals surface area (Å²) in [5, 5.41) is 19.0. The van der Waals surface area contributed by atoms with Crippen molar-refractivity contribution in [1.82, 2.24) is 0 Å². The molecule has 192 valence electrons. The van der Waals surface area contributed by atoms with Crippen LogP contribution >= 0.6 is 0 Å². The maximum absolute atomic E-state index is 8.98. The van der Waals surface area contributed by atoms with Crippen molar-refractivity contribution in [3.63, 3.8) is 0 Å². The van der Waals surface area contributed by atoms with E-state index in [2.05, 4.69) is 123 Å². The average molecular weight is 515 g/mol. The number of hydrogen-bond acceptors (Lipinski definition) is 2. The van der Waals surface area contributed by atoms with Gasteiger partial charge in [0.15, 0.2) is 0 Å². The molecule has 0 saturated carbocycles. The van der Waals surface area contributed by atoms with Crippen LogP contribution in [0.1, 0.15) is 16.7 Å². The normalized spacial score (nSPS) is 10.9. The van der Waals surface area contributed by atoms with Gasteiger partial charge in [0.25, 0.3) is 0 Å². The van der Waals surface area contributed by atoms with Crippen LogP contribution in [-0.4, -0.2) is 0 Å². The van der Waals surface area contributed by atoms with Gasteiger partial charge in [-0.15, -0.1) is 0 Å². The third-order valence-corrected chi connectivity index (χ3v) is 7.94. The highest BCUT2D eigenvalue weighted by Gasteiger charge is 2.11. The maximum atomic E-state index is 8.98. The molecular formula is C38H30N2. The summed E-state index contributed by atoms with van der Waals surface area (Å²) >= 11 is 0. The van der Waals surface area contributed by atoms with Gasteiger partial charge in [0.1, 0.15) is 0 Å². The lowest BCUT2D eigenvalue weighted by molar-refractivity contribution is 1.26. The van der Waals surface area contributed by atoms with Gasteiger partial charge in [0, 0.05) is 11.1 Å². The number of nitrogen functional groups attached to an aromatic ring is 1. The van der Waals surface area contributed by atoms with E-state index in [1.807, 2.05) is 18.2 Å². The second-order valence-corrected chi connectivity index (χ2v) is 10.3. The fraction of sp³-hybridized carbons (Fsp3) is 0.0789. The highest BCUT2D eigenvalue weighted by atomic mass is 14.6. The third kappa shape index (κ3) is 4.42. The van der Waals surface area contributed by atoms with E-state index in [9.17, 15) is 0 Å². The number of aryl methyl sites for hydroxylation is 2. The van der Waals surface area contributed by atoms with Crippen LogP contribution in [0.25, 0.3) is 54.2 Å². The van der Waals surface area contributed by atoms with E-state index in [4.69, 9.17) is 11.0 Å². The molecule has 40 heavy (non-hydrogen) atoms. The largest absolute Gasteiger partial charge is 0.398 e. The monoisotopic (exact) mass is 514 g/mol. The summed E-state index contributed by atoms with van der Waals surface area (Å²) in [5.41, 5.74) is 13.2. The molecule has 7 aromatic rings. The first-order chi connectivity index (χ1) is 19.6. The van der Waals surface area contributed by atoms with Crippen LogP contribution in [0.15, 0.2) is 121 Å². The van der Waals surface area contributed by atoms with Crippen LogP contribution < -0.4 is 5.73 Å². The minimum Gasteiger partial charge on any atom is -0.398 e. The summed E-state index contributed by atoms with van der Waals surface area (Å²) in [6, 6.07) is 44.4. The van der Waals surface area contributed by atoms with Crippen molar-refractivity contribution in [3.05, 3.63) is 138 Å². The molecule has 0 heterocycles. The first kappa shape index (κ1) is 25.2. The van der Waals surface area contributed by atoms with Crippen LogP contribution in [0.3, 0.4) is 0 Å².